The van der Waals surface area contributed by atoms with E-state index in [2.05, 4.69) is 72.0 Å². The quantitative estimate of drug-likeness (QED) is 0.786. The van der Waals surface area contributed by atoms with Gasteiger partial charge in [-0.15, -0.1) is 0 Å². The van der Waals surface area contributed by atoms with Crippen molar-refractivity contribution in [3.63, 3.8) is 0 Å². The van der Waals surface area contributed by atoms with Gasteiger partial charge in [-0.1, -0.05) is 60.7 Å². The van der Waals surface area contributed by atoms with Crippen LogP contribution in [0, 0.1) is 6.42 Å². The summed E-state index contributed by atoms with van der Waals surface area (Å²) in [7, 11) is 0. The van der Waals surface area contributed by atoms with E-state index in [4.69, 9.17) is 0 Å². The summed E-state index contributed by atoms with van der Waals surface area (Å²) in [6.45, 7) is 2.29. The first-order valence-corrected chi connectivity index (χ1v) is 7.05. The van der Waals surface area contributed by atoms with Crippen molar-refractivity contribution < 1.29 is 0 Å². The minimum atomic E-state index is 0.620. The van der Waals surface area contributed by atoms with Crippen LogP contribution in [0.25, 0.3) is 0 Å². The van der Waals surface area contributed by atoms with Crippen LogP contribution in [0.4, 0.5) is 0 Å². The molecule has 1 nitrogen and oxygen atoms in total. The van der Waals surface area contributed by atoms with Crippen molar-refractivity contribution in [3.05, 3.63) is 78.2 Å². The van der Waals surface area contributed by atoms with Crippen LogP contribution >= 0.6 is 0 Å². The summed E-state index contributed by atoms with van der Waals surface area (Å²) in [4.78, 5) is 2.57. The zero-order chi connectivity index (χ0) is 12.9. The van der Waals surface area contributed by atoms with Gasteiger partial charge in [0.1, 0.15) is 0 Å². The molecule has 2 aromatic carbocycles. The van der Waals surface area contributed by atoms with E-state index in [0.29, 0.717) is 6.04 Å². The Kier molecular flexibility index (Phi) is 3.95. The summed E-state index contributed by atoms with van der Waals surface area (Å²) in [6.07, 6.45) is 4.64. The Morgan fingerprint density at radius 2 is 1.21 bits per heavy atom. The lowest BCUT2D eigenvalue weighted by molar-refractivity contribution is 0.166. The zero-order valence-electron chi connectivity index (χ0n) is 11.2. The zero-order valence-corrected chi connectivity index (χ0v) is 11.2. The largest absolute Gasteiger partial charge is 0.299 e. The van der Waals surface area contributed by atoms with Gasteiger partial charge in [0.2, 0.25) is 0 Å². The summed E-state index contributed by atoms with van der Waals surface area (Å²) in [5.74, 6) is 0. The number of likely N-dealkylation sites (tertiary alicyclic amines) is 1. The smallest absolute Gasteiger partial charge is 0.0176 e. The second-order valence-electron chi connectivity index (χ2n) is 5.28. The molecule has 1 aliphatic rings. The minimum absolute atomic E-state index is 0.620. The van der Waals surface area contributed by atoms with Crippen LogP contribution in [0.3, 0.4) is 0 Å². The van der Waals surface area contributed by atoms with Gasteiger partial charge in [-0.2, -0.15) is 0 Å². The summed E-state index contributed by atoms with van der Waals surface area (Å²) in [5, 5.41) is 0. The molecule has 0 amide bonds. The third kappa shape index (κ3) is 3.24. The van der Waals surface area contributed by atoms with Crippen molar-refractivity contribution in [2.75, 3.05) is 13.1 Å². The molecular formula is C18H20N. The molecule has 0 aromatic heterocycles. The highest BCUT2D eigenvalue weighted by Crippen LogP contribution is 2.19. The molecular weight excluding hydrogens is 230 g/mol. The van der Waals surface area contributed by atoms with Gasteiger partial charge < -0.3 is 0 Å². The molecule has 1 heteroatoms. The molecule has 0 aliphatic carbocycles. The summed E-state index contributed by atoms with van der Waals surface area (Å²) in [6, 6.07) is 22.3. The predicted molar refractivity (Wildman–Crippen MR) is 80.0 cm³/mol. The maximum atomic E-state index is 2.57. The molecule has 1 radical (unpaired) electrons. The molecule has 2 aromatic rings. The fourth-order valence-electron chi connectivity index (χ4n) is 2.68. The van der Waals surface area contributed by atoms with Crippen molar-refractivity contribution in [1.82, 2.24) is 4.90 Å². The third-order valence-corrected chi connectivity index (χ3v) is 3.87. The lowest BCUT2D eigenvalue weighted by Gasteiger charge is -2.38. The second kappa shape index (κ2) is 6.03. The standard InChI is InChI=1S/C18H20N/c1-3-8-16(9-4-1)14-18(19-12-7-13-19)15-17-10-5-2-6-11-17/h1-11,18H,12-15H2. The van der Waals surface area contributed by atoms with Gasteiger partial charge in [0.15, 0.2) is 0 Å². The Bertz CT molecular complexity index is 446. The third-order valence-electron chi connectivity index (χ3n) is 3.87. The van der Waals surface area contributed by atoms with Crippen LogP contribution in [0.1, 0.15) is 11.1 Å². The van der Waals surface area contributed by atoms with E-state index in [0.717, 1.165) is 25.9 Å². The Hall–Kier alpha value is -1.60. The van der Waals surface area contributed by atoms with Crippen LogP contribution in [0.5, 0.6) is 0 Å². The molecule has 19 heavy (non-hydrogen) atoms. The minimum Gasteiger partial charge on any atom is -0.299 e. The molecule has 1 aliphatic heterocycles. The number of hydrogen-bond donors (Lipinski definition) is 0. The van der Waals surface area contributed by atoms with Crippen LogP contribution in [0.2, 0.25) is 0 Å². The number of rotatable bonds is 5. The number of benzene rings is 2. The molecule has 97 valence electrons. The Balaban J connectivity index is 1.71. The van der Waals surface area contributed by atoms with E-state index in [1.807, 2.05) is 0 Å². The number of hydrogen-bond acceptors (Lipinski definition) is 1. The highest BCUT2D eigenvalue weighted by atomic mass is 15.2. The summed E-state index contributed by atoms with van der Waals surface area (Å²) in [5.41, 5.74) is 2.88. The van der Waals surface area contributed by atoms with Gasteiger partial charge in [-0.25, -0.2) is 0 Å². The molecule has 0 N–H and O–H groups in total. The molecule has 1 fully saturated rings. The lowest BCUT2D eigenvalue weighted by atomic mass is 9.95. The van der Waals surface area contributed by atoms with Gasteiger partial charge in [0, 0.05) is 19.1 Å². The van der Waals surface area contributed by atoms with E-state index in [1.165, 1.54) is 11.1 Å². The monoisotopic (exact) mass is 250 g/mol. The Morgan fingerprint density at radius 1 is 0.737 bits per heavy atom. The Morgan fingerprint density at radius 3 is 1.58 bits per heavy atom. The molecule has 1 heterocycles. The fraction of sp³-hybridized carbons (Fsp3) is 0.278. The van der Waals surface area contributed by atoms with E-state index in [1.54, 1.807) is 0 Å². The molecule has 0 unspecified atom stereocenters. The maximum absolute atomic E-state index is 2.57. The van der Waals surface area contributed by atoms with Crippen molar-refractivity contribution in [2.24, 2.45) is 0 Å². The van der Waals surface area contributed by atoms with Crippen LogP contribution < -0.4 is 0 Å². The summed E-state index contributed by atoms with van der Waals surface area (Å²) < 4.78 is 0. The van der Waals surface area contributed by atoms with Crippen molar-refractivity contribution in [3.8, 4) is 0 Å². The first kappa shape index (κ1) is 12.4. The normalized spacial score (nSPS) is 15.4. The van der Waals surface area contributed by atoms with Gasteiger partial charge in [-0.3, -0.25) is 4.90 Å². The van der Waals surface area contributed by atoms with Crippen LogP contribution in [0.15, 0.2) is 60.7 Å². The maximum Gasteiger partial charge on any atom is 0.0176 e. The van der Waals surface area contributed by atoms with E-state index in [-0.39, 0.29) is 0 Å². The molecule has 0 atom stereocenters. The topological polar surface area (TPSA) is 3.24 Å². The molecule has 0 saturated carbocycles. The first-order chi connectivity index (χ1) is 9.42. The van der Waals surface area contributed by atoms with E-state index < -0.39 is 0 Å². The average molecular weight is 250 g/mol. The lowest BCUT2D eigenvalue weighted by Crippen LogP contribution is -2.47. The van der Waals surface area contributed by atoms with Crippen molar-refractivity contribution >= 4 is 0 Å². The average Bonchev–Trinajstić information content (AvgIpc) is 2.39. The van der Waals surface area contributed by atoms with Crippen molar-refractivity contribution in [2.45, 2.75) is 18.9 Å². The van der Waals surface area contributed by atoms with E-state index >= 15 is 0 Å². The van der Waals surface area contributed by atoms with Gasteiger partial charge in [0.05, 0.1) is 0 Å². The summed E-state index contributed by atoms with van der Waals surface area (Å²) >= 11 is 0. The Labute approximate surface area is 115 Å². The fourth-order valence-corrected chi connectivity index (χ4v) is 2.68. The predicted octanol–water partition coefficient (Wildman–Crippen LogP) is 3.36. The van der Waals surface area contributed by atoms with Crippen LogP contribution in [-0.2, 0) is 12.8 Å². The molecule has 0 bridgehead atoms. The van der Waals surface area contributed by atoms with Gasteiger partial charge in [0.25, 0.3) is 0 Å². The first-order valence-electron chi connectivity index (χ1n) is 7.05. The van der Waals surface area contributed by atoms with Crippen molar-refractivity contribution in [1.29, 1.82) is 0 Å². The highest BCUT2D eigenvalue weighted by molar-refractivity contribution is 5.20. The van der Waals surface area contributed by atoms with Crippen LogP contribution in [-0.4, -0.2) is 24.0 Å². The second-order valence-corrected chi connectivity index (χ2v) is 5.28. The SMILES string of the molecule is [CH]1CN(C(Cc2ccccc2)Cc2ccccc2)C1. The molecule has 3 rings (SSSR count). The molecule has 1 saturated heterocycles. The highest BCUT2D eigenvalue weighted by Gasteiger charge is 2.24. The van der Waals surface area contributed by atoms with E-state index in [9.17, 15) is 0 Å². The molecule has 0 spiro atoms. The van der Waals surface area contributed by atoms with Gasteiger partial charge in [-0.05, 0) is 30.4 Å². The van der Waals surface area contributed by atoms with Gasteiger partial charge >= 0.3 is 0 Å². The number of nitrogens with zero attached hydrogens (tertiary/aromatic N) is 1.